The summed E-state index contributed by atoms with van der Waals surface area (Å²) in [7, 11) is 0. The predicted octanol–water partition coefficient (Wildman–Crippen LogP) is 3.24. The smallest absolute Gasteiger partial charge is 0.250 e. The van der Waals surface area contributed by atoms with Crippen LogP contribution in [0.25, 0.3) is 22.1 Å². The van der Waals surface area contributed by atoms with E-state index in [0.29, 0.717) is 11.6 Å². The molecule has 174 valence electrons. The van der Waals surface area contributed by atoms with E-state index in [1.807, 2.05) is 6.07 Å². The summed E-state index contributed by atoms with van der Waals surface area (Å²) in [6, 6.07) is 10.8. The molecule has 4 heterocycles. The maximum absolute atomic E-state index is 12.4. The summed E-state index contributed by atoms with van der Waals surface area (Å²) in [4.78, 5) is 29.0. The Morgan fingerprint density at radius 3 is 2.76 bits per heavy atom. The number of anilines is 1. The summed E-state index contributed by atoms with van der Waals surface area (Å²) in [5, 5.41) is 13.6. The first-order valence-corrected chi connectivity index (χ1v) is 11.7. The van der Waals surface area contributed by atoms with Gasteiger partial charge in [-0.1, -0.05) is 13.0 Å². The molecule has 34 heavy (non-hydrogen) atoms. The van der Waals surface area contributed by atoms with Gasteiger partial charge >= 0.3 is 0 Å². The van der Waals surface area contributed by atoms with Crippen molar-refractivity contribution in [2.24, 2.45) is 0 Å². The normalized spacial score (nSPS) is 20.0. The molecule has 1 aliphatic rings. The maximum atomic E-state index is 12.4. The minimum absolute atomic E-state index is 0.144. The highest BCUT2D eigenvalue weighted by Crippen LogP contribution is 2.33. The molecule has 9 nitrogen and oxygen atoms in total. The molecule has 0 bridgehead atoms. The van der Waals surface area contributed by atoms with Gasteiger partial charge in [0.2, 0.25) is 0 Å². The summed E-state index contributed by atoms with van der Waals surface area (Å²) in [5.41, 5.74) is 5.09. The third-order valence-corrected chi connectivity index (χ3v) is 6.90. The second kappa shape index (κ2) is 8.88. The van der Waals surface area contributed by atoms with Gasteiger partial charge in [0.25, 0.3) is 5.56 Å². The number of aromatic nitrogens is 5. The van der Waals surface area contributed by atoms with Crippen LogP contribution in [0.3, 0.4) is 0 Å². The number of H-pyrrole nitrogens is 1. The van der Waals surface area contributed by atoms with Gasteiger partial charge in [-0.3, -0.25) is 24.3 Å². The predicted molar refractivity (Wildman–Crippen MR) is 132 cm³/mol. The van der Waals surface area contributed by atoms with Gasteiger partial charge in [-0.2, -0.15) is 10.4 Å². The van der Waals surface area contributed by atoms with Gasteiger partial charge in [-0.05, 0) is 38.0 Å². The number of aromatic amines is 1. The third kappa shape index (κ3) is 3.90. The van der Waals surface area contributed by atoms with E-state index in [9.17, 15) is 4.79 Å². The Morgan fingerprint density at radius 1 is 1.21 bits per heavy atom. The van der Waals surface area contributed by atoms with E-state index < -0.39 is 0 Å². The van der Waals surface area contributed by atoms with Crippen LogP contribution in [0.1, 0.15) is 38.8 Å². The molecule has 3 aromatic heterocycles. The van der Waals surface area contributed by atoms with Crippen LogP contribution >= 0.6 is 0 Å². The van der Waals surface area contributed by atoms with Crippen LogP contribution < -0.4 is 10.5 Å². The van der Waals surface area contributed by atoms with E-state index in [1.54, 1.807) is 29.3 Å². The van der Waals surface area contributed by atoms with E-state index in [1.165, 1.54) is 5.56 Å². The lowest BCUT2D eigenvalue weighted by molar-refractivity contribution is 0.106. The molecule has 1 aromatic carbocycles. The summed E-state index contributed by atoms with van der Waals surface area (Å²) in [6.07, 6.45) is 6.16. The second-order valence-electron chi connectivity index (χ2n) is 9.01. The molecule has 1 N–H and O–H groups in total. The average Bonchev–Trinajstić information content (AvgIpc) is 3.25. The van der Waals surface area contributed by atoms with Crippen molar-refractivity contribution in [3.05, 3.63) is 58.8 Å². The number of nitrogens with one attached hydrogen (secondary N) is 1. The Bertz CT molecular complexity index is 1430. The maximum Gasteiger partial charge on any atom is 0.250 e. The molecular weight excluding hydrogens is 428 g/mol. The van der Waals surface area contributed by atoms with Crippen molar-refractivity contribution in [1.82, 2.24) is 29.6 Å². The van der Waals surface area contributed by atoms with Crippen LogP contribution in [-0.2, 0) is 6.54 Å². The molecule has 5 rings (SSSR count). The van der Waals surface area contributed by atoms with Crippen molar-refractivity contribution in [3.63, 3.8) is 0 Å². The van der Waals surface area contributed by atoms with Crippen LogP contribution in [0.5, 0.6) is 0 Å². The molecule has 1 fully saturated rings. The Hall–Kier alpha value is -3.77. The Kier molecular flexibility index (Phi) is 5.75. The molecule has 9 heteroatoms. The zero-order valence-corrected chi connectivity index (χ0v) is 19.6. The van der Waals surface area contributed by atoms with Crippen molar-refractivity contribution in [2.45, 2.75) is 51.9 Å². The number of piperazine rings is 1. The minimum Gasteiger partial charge on any atom is -0.364 e. The highest BCUT2D eigenvalue weighted by molar-refractivity contribution is 5.87. The number of fused-ring (bicyclic) bond motifs is 2. The number of benzene rings is 1. The molecule has 1 unspecified atom stereocenters. The van der Waals surface area contributed by atoms with Crippen molar-refractivity contribution >= 4 is 27.8 Å². The molecular formula is C25H28N8O. The van der Waals surface area contributed by atoms with Crippen molar-refractivity contribution < 1.29 is 0 Å². The van der Waals surface area contributed by atoms with Crippen LogP contribution in [0.2, 0.25) is 0 Å². The Morgan fingerprint density at radius 2 is 2.00 bits per heavy atom. The first-order chi connectivity index (χ1) is 16.5. The first kappa shape index (κ1) is 22.0. The molecule has 0 saturated carbocycles. The van der Waals surface area contributed by atoms with Gasteiger partial charge in [-0.25, -0.2) is 0 Å². The quantitative estimate of drug-likeness (QED) is 0.491. The first-order valence-electron chi connectivity index (χ1n) is 11.7. The van der Waals surface area contributed by atoms with Crippen LogP contribution in [-0.4, -0.2) is 54.8 Å². The van der Waals surface area contributed by atoms with Gasteiger partial charge < -0.3 is 9.88 Å². The summed E-state index contributed by atoms with van der Waals surface area (Å²) < 4.78 is 1.58. The van der Waals surface area contributed by atoms with E-state index >= 15 is 0 Å². The van der Waals surface area contributed by atoms with E-state index in [2.05, 4.69) is 68.8 Å². The minimum atomic E-state index is -0.160. The lowest BCUT2D eigenvalue weighted by Crippen LogP contribution is -2.58. The van der Waals surface area contributed by atoms with Crippen LogP contribution in [0, 0.1) is 11.3 Å². The van der Waals surface area contributed by atoms with Crippen LogP contribution in [0.15, 0.2) is 47.7 Å². The fraction of sp³-hybridized carbons (Fsp3) is 0.400. The zero-order valence-electron chi connectivity index (χ0n) is 19.6. The molecule has 0 radical (unpaired) electrons. The van der Waals surface area contributed by atoms with Gasteiger partial charge in [0, 0.05) is 49.7 Å². The largest absolute Gasteiger partial charge is 0.364 e. The Balaban J connectivity index is 1.46. The monoisotopic (exact) mass is 456 g/mol. The zero-order chi connectivity index (χ0) is 23.8. The van der Waals surface area contributed by atoms with Crippen molar-refractivity contribution in [3.8, 4) is 6.07 Å². The lowest BCUT2D eigenvalue weighted by Gasteiger charge is -2.48. The number of hydrogen-bond donors (Lipinski definition) is 1. The average molecular weight is 457 g/mol. The summed E-state index contributed by atoms with van der Waals surface area (Å²) in [5.74, 6) is 0. The molecule has 4 aromatic rings. The molecule has 0 amide bonds. The van der Waals surface area contributed by atoms with Gasteiger partial charge in [0.05, 0.1) is 34.5 Å². The van der Waals surface area contributed by atoms with E-state index in [-0.39, 0.29) is 24.2 Å². The summed E-state index contributed by atoms with van der Waals surface area (Å²) in [6.45, 7) is 8.43. The number of hydrogen-bond acceptors (Lipinski definition) is 7. The number of pyridine rings is 1. The highest BCUT2D eigenvalue weighted by atomic mass is 16.1. The SMILES string of the molecule is CC[C@@H]1CN(c2cc(=O)[nH]c3cn(CC#N)nc23)[C@@H](C)CN1C(C)c1ccc2nccnc2c1. The topological polar surface area (TPSA) is 107 Å². The molecule has 1 aliphatic heterocycles. The van der Waals surface area contributed by atoms with Gasteiger partial charge in [-0.15, -0.1) is 0 Å². The third-order valence-electron chi connectivity index (χ3n) is 6.90. The fourth-order valence-electron chi connectivity index (χ4n) is 5.11. The van der Waals surface area contributed by atoms with E-state index in [4.69, 9.17) is 5.26 Å². The van der Waals surface area contributed by atoms with Crippen molar-refractivity contribution in [2.75, 3.05) is 18.0 Å². The molecule has 1 saturated heterocycles. The van der Waals surface area contributed by atoms with Crippen molar-refractivity contribution in [1.29, 1.82) is 5.26 Å². The molecule has 0 aliphatic carbocycles. The highest BCUT2D eigenvalue weighted by Gasteiger charge is 2.35. The molecule has 0 spiro atoms. The van der Waals surface area contributed by atoms with Crippen LogP contribution in [0.4, 0.5) is 5.69 Å². The molecule has 3 atom stereocenters. The lowest BCUT2D eigenvalue weighted by atomic mass is 9.98. The number of rotatable bonds is 5. The number of nitrogens with zero attached hydrogens (tertiary/aromatic N) is 7. The Labute approximate surface area is 197 Å². The van der Waals surface area contributed by atoms with E-state index in [0.717, 1.165) is 41.7 Å². The second-order valence-corrected chi connectivity index (χ2v) is 9.01. The van der Waals surface area contributed by atoms with Gasteiger partial charge in [0.1, 0.15) is 12.1 Å². The number of nitriles is 1. The fourth-order valence-corrected chi connectivity index (χ4v) is 5.11. The van der Waals surface area contributed by atoms with Gasteiger partial charge in [0.15, 0.2) is 0 Å². The summed E-state index contributed by atoms with van der Waals surface area (Å²) >= 11 is 0. The standard InChI is InChI=1S/C25H28N8O/c1-4-19-14-32(23-12-24(34)29-22-15-31(10-7-26)30-25(22)23)16(2)13-33(19)17(3)18-5-6-20-21(11-18)28-9-8-27-20/h5-6,8-9,11-12,15-17,19H,4,10,13-14H2,1-3H3,(H,29,34)/t16-,17?,19+/m0/s1.